The topological polar surface area (TPSA) is 75.1 Å². The molecule has 2 aliphatic rings. The van der Waals surface area contributed by atoms with E-state index >= 15 is 0 Å². The van der Waals surface area contributed by atoms with Gasteiger partial charge in [0.05, 0.1) is 30.7 Å². The number of nitrogens with zero attached hydrogens (tertiary/aromatic N) is 3. The van der Waals surface area contributed by atoms with Gasteiger partial charge in [0.2, 0.25) is 0 Å². The number of carboxylic acid groups (broad SMARTS) is 1. The van der Waals surface area contributed by atoms with Crippen molar-refractivity contribution in [1.29, 1.82) is 0 Å². The summed E-state index contributed by atoms with van der Waals surface area (Å²) in [5, 5.41) is 11.6. The van der Waals surface area contributed by atoms with E-state index in [4.69, 9.17) is 9.47 Å². The Morgan fingerprint density at radius 1 is 1.15 bits per heavy atom. The van der Waals surface area contributed by atoms with Crippen LogP contribution in [0, 0.1) is 25.7 Å². The zero-order valence-corrected chi connectivity index (χ0v) is 23.9. The number of benzene rings is 2. The third-order valence-corrected chi connectivity index (χ3v) is 8.73. The Morgan fingerprint density at radius 2 is 1.93 bits per heavy atom. The quantitative estimate of drug-likeness (QED) is 0.349. The minimum absolute atomic E-state index is 0.0855. The molecule has 2 aromatic carbocycles. The molecule has 0 spiro atoms. The van der Waals surface area contributed by atoms with Gasteiger partial charge in [0.25, 0.3) is 0 Å². The maximum absolute atomic E-state index is 13.7. The summed E-state index contributed by atoms with van der Waals surface area (Å²) in [6, 6.07) is 12.2. The van der Waals surface area contributed by atoms with E-state index in [1.165, 1.54) is 16.9 Å². The van der Waals surface area contributed by atoms with E-state index in [1.807, 2.05) is 30.5 Å². The van der Waals surface area contributed by atoms with Crippen molar-refractivity contribution in [2.75, 3.05) is 44.3 Å². The number of alkyl halides is 3. The molecule has 0 bridgehead atoms. The first-order chi connectivity index (χ1) is 19.6. The van der Waals surface area contributed by atoms with E-state index in [-0.39, 0.29) is 13.0 Å². The van der Waals surface area contributed by atoms with Crippen molar-refractivity contribution >= 4 is 22.4 Å². The SMILES string of the molecule is Cc1ccc(OCc2ccc(CN3CCOCC3)cc2C)c(-c2csc(N3CCC(C(=O)O)C(C(F)(F)F)C3)n2)c1. The summed E-state index contributed by atoms with van der Waals surface area (Å²) in [5.41, 5.74) is 5.85. The first-order valence-corrected chi connectivity index (χ1v) is 14.6. The highest BCUT2D eigenvalue weighted by atomic mass is 32.1. The summed E-state index contributed by atoms with van der Waals surface area (Å²) in [7, 11) is 0. The van der Waals surface area contributed by atoms with Crippen molar-refractivity contribution in [3.63, 3.8) is 0 Å². The number of carboxylic acids is 1. The van der Waals surface area contributed by atoms with E-state index < -0.39 is 30.5 Å². The molecule has 7 nitrogen and oxygen atoms in total. The summed E-state index contributed by atoms with van der Waals surface area (Å²) in [6.45, 7) is 8.46. The molecule has 220 valence electrons. The average Bonchev–Trinajstić information content (AvgIpc) is 3.43. The van der Waals surface area contributed by atoms with Crippen LogP contribution in [0.2, 0.25) is 0 Å². The third kappa shape index (κ3) is 7.02. The zero-order valence-electron chi connectivity index (χ0n) is 23.1. The molecule has 0 radical (unpaired) electrons. The highest BCUT2D eigenvalue weighted by Crippen LogP contribution is 2.41. The van der Waals surface area contributed by atoms with Gasteiger partial charge in [0, 0.05) is 43.7 Å². The summed E-state index contributed by atoms with van der Waals surface area (Å²) in [6.07, 6.45) is -4.68. The fraction of sp³-hybridized carbons (Fsp3) is 0.467. The second-order valence-electron chi connectivity index (χ2n) is 10.8. The Balaban J connectivity index is 1.29. The second kappa shape index (κ2) is 12.4. The maximum atomic E-state index is 13.7. The van der Waals surface area contributed by atoms with Gasteiger partial charge >= 0.3 is 12.1 Å². The Kier molecular flexibility index (Phi) is 8.86. The number of aliphatic carboxylic acids is 1. The van der Waals surface area contributed by atoms with Crippen LogP contribution in [0.5, 0.6) is 5.75 Å². The Labute approximate surface area is 241 Å². The van der Waals surface area contributed by atoms with E-state index in [1.54, 1.807) is 4.90 Å². The number of hydrogen-bond acceptors (Lipinski definition) is 7. The predicted molar refractivity (Wildman–Crippen MR) is 151 cm³/mol. The van der Waals surface area contributed by atoms with E-state index in [2.05, 4.69) is 35.0 Å². The third-order valence-electron chi connectivity index (χ3n) is 7.82. The molecular weight excluding hydrogens is 555 g/mol. The number of halogens is 3. The van der Waals surface area contributed by atoms with Gasteiger partial charge in [-0.1, -0.05) is 29.8 Å². The number of rotatable bonds is 8. The van der Waals surface area contributed by atoms with Crippen LogP contribution in [0.15, 0.2) is 41.8 Å². The molecule has 2 fully saturated rings. The molecule has 5 rings (SSSR count). The first kappa shape index (κ1) is 29.3. The Bertz CT molecular complexity index is 1370. The van der Waals surface area contributed by atoms with Crippen LogP contribution in [-0.2, 0) is 22.7 Å². The zero-order chi connectivity index (χ0) is 29.1. The average molecular weight is 590 g/mol. The standard InChI is InChI=1S/C30H34F3N3O4S/c1-19-3-6-27(40-17-22-5-4-21(14-20(22)2)15-35-9-11-39-12-10-35)24(13-19)26-18-41-29(34-26)36-8-7-23(28(37)38)25(16-36)30(31,32)33/h3-6,13-14,18,23,25H,7-12,15-17H2,1-2H3,(H,37,38). The Hall–Kier alpha value is -3.15. The number of hydrogen-bond donors (Lipinski definition) is 1. The molecular formula is C30H34F3N3O4S. The molecule has 2 unspecified atom stereocenters. The minimum atomic E-state index is -4.60. The van der Waals surface area contributed by atoms with Crippen LogP contribution in [-0.4, -0.2) is 66.5 Å². The molecule has 0 amide bonds. The summed E-state index contributed by atoms with van der Waals surface area (Å²) >= 11 is 1.25. The molecule has 1 aromatic heterocycles. The normalized spacial score (nSPS) is 20.3. The summed E-state index contributed by atoms with van der Waals surface area (Å²) < 4.78 is 52.7. The monoisotopic (exact) mass is 589 g/mol. The Morgan fingerprint density at radius 3 is 2.63 bits per heavy atom. The number of thiazole rings is 1. The van der Waals surface area contributed by atoms with E-state index in [9.17, 15) is 23.1 Å². The second-order valence-corrected chi connectivity index (χ2v) is 11.6. The van der Waals surface area contributed by atoms with Crippen LogP contribution in [0.4, 0.5) is 18.3 Å². The molecule has 0 saturated carbocycles. The molecule has 0 aliphatic carbocycles. The molecule has 3 aromatic rings. The molecule has 2 saturated heterocycles. The lowest BCUT2D eigenvalue weighted by Gasteiger charge is -2.37. The lowest BCUT2D eigenvalue weighted by atomic mass is 9.85. The highest BCUT2D eigenvalue weighted by molar-refractivity contribution is 7.14. The van der Waals surface area contributed by atoms with Gasteiger partial charge in [0.1, 0.15) is 12.4 Å². The van der Waals surface area contributed by atoms with E-state index in [0.29, 0.717) is 23.2 Å². The summed E-state index contributed by atoms with van der Waals surface area (Å²) in [4.78, 5) is 20.0. The van der Waals surface area contributed by atoms with Crippen LogP contribution in [0.25, 0.3) is 11.3 Å². The number of piperidine rings is 1. The van der Waals surface area contributed by atoms with Crippen molar-refractivity contribution < 1.29 is 32.5 Å². The van der Waals surface area contributed by atoms with Crippen molar-refractivity contribution in [3.05, 3.63) is 64.0 Å². The number of aryl methyl sites for hydroxylation is 2. The van der Waals surface area contributed by atoms with Gasteiger partial charge in [0.15, 0.2) is 5.13 Å². The molecule has 1 N–H and O–H groups in total. The molecule has 2 aliphatic heterocycles. The smallest absolute Gasteiger partial charge is 0.394 e. The first-order valence-electron chi connectivity index (χ1n) is 13.7. The van der Waals surface area contributed by atoms with Crippen LogP contribution >= 0.6 is 11.3 Å². The lowest BCUT2D eigenvalue weighted by Crippen LogP contribution is -2.49. The maximum Gasteiger partial charge on any atom is 0.394 e. The molecule has 2 atom stereocenters. The van der Waals surface area contributed by atoms with Gasteiger partial charge < -0.3 is 19.5 Å². The minimum Gasteiger partial charge on any atom is -0.488 e. The largest absolute Gasteiger partial charge is 0.488 e. The number of aromatic nitrogens is 1. The lowest BCUT2D eigenvalue weighted by molar-refractivity contribution is -0.197. The van der Waals surface area contributed by atoms with Crippen molar-refractivity contribution in [2.24, 2.45) is 11.8 Å². The number of morpholine rings is 1. The number of carbonyl (C=O) groups is 1. The van der Waals surface area contributed by atoms with Gasteiger partial charge in [-0.05, 0) is 49.1 Å². The fourth-order valence-corrected chi connectivity index (χ4v) is 6.31. The van der Waals surface area contributed by atoms with Gasteiger partial charge in [-0.3, -0.25) is 9.69 Å². The van der Waals surface area contributed by atoms with Crippen LogP contribution in [0.3, 0.4) is 0 Å². The number of anilines is 1. The molecule has 41 heavy (non-hydrogen) atoms. The van der Waals surface area contributed by atoms with Gasteiger partial charge in [-0.25, -0.2) is 4.98 Å². The van der Waals surface area contributed by atoms with Crippen molar-refractivity contribution in [3.8, 4) is 17.0 Å². The predicted octanol–water partition coefficient (Wildman–Crippen LogP) is 5.93. The van der Waals surface area contributed by atoms with Crippen molar-refractivity contribution in [2.45, 2.75) is 39.6 Å². The fourth-order valence-electron chi connectivity index (χ4n) is 5.45. The molecule has 3 heterocycles. The highest BCUT2D eigenvalue weighted by Gasteiger charge is 2.50. The number of ether oxygens (including phenoxy) is 2. The van der Waals surface area contributed by atoms with Gasteiger partial charge in [-0.15, -0.1) is 11.3 Å². The van der Waals surface area contributed by atoms with Crippen LogP contribution in [0.1, 0.15) is 28.7 Å². The van der Waals surface area contributed by atoms with Crippen molar-refractivity contribution in [1.82, 2.24) is 9.88 Å². The van der Waals surface area contributed by atoms with E-state index in [0.717, 1.165) is 55.1 Å². The van der Waals surface area contributed by atoms with Gasteiger partial charge in [-0.2, -0.15) is 13.2 Å². The summed E-state index contributed by atoms with van der Waals surface area (Å²) in [5.74, 6) is -4.15. The van der Waals surface area contributed by atoms with Crippen LogP contribution < -0.4 is 9.64 Å². The molecule has 11 heteroatoms.